The first-order valence-electron chi connectivity index (χ1n) is 5.85. The Morgan fingerprint density at radius 2 is 2.32 bits per heavy atom. The molecule has 1 heterocycles. The number of benzene rings is 1. The number of halogens is 1. The first-order valence-corrected chi connectivity index (χ1v) is 6.38. The fraction of sp³-hybridized carbons (Fsp3) is 0.385. The van der Waals surface area contributed by atoms with E-state index in [1.54, 1.807) is 12.1 Å². The van der Waals surface area contributed by atoms with Gasteiger partial charge in [0.1, 0.15) is 5.56 Å². The van der Waals surface area contributed by atoms with Crippen LogP contribution in [-0.2, 0) is 9.53 Å². The van der Waals surface area contributed by atoms with Crippen molar-refractivity contribution in [1.82, 2.24) is 0 Å². The second kappa shape index (κ2) is 5.48. The Hall–Kier alpha value is -1.75. The Morgan fingerprint density at radius 3 is 2.89 bits per heavy atom. The van der Waals surface area contributed by atoms with Gasteiger partial charge in [0.15, 0.2) is 5.75 Å². The number of alkyl halides is 1. The van der Waals surface area contributed by atoms with E-state index in [4.69, 9.17) is 11.6 Å². The molecule has 0 radical (unpaired) electrons. The van der Waals surface area contributed by atoms with Gasteiger partial charge in [-0.05, 0) is 18.1 Å². The van der Waals surface area contributed by atoms with Crippen molar-refractivity contribution in [2.45, 2.75) is 6.42 Å². The molecule has 1 N–H and O–H groups in total. The van der Waals surface area contributed by atoms with Crippen molar-refractivity contribution in [2.24, 2.45) is 5.92 Å². The molecule has 1 saturated heterocycles. The highest BCUT2D eigenvalue weighted by Crippen LogP contribution is 2.35. The minimum absolute atomic E-state index is 0.0436. The average molecular weight is 284 g/mol. The molecule has 2 rings (SSSR count). The summed E-state index contributed by atoms with van der Waals surface area (Å²) in [5.74, 6) is -0.532. The van der Waals surface area contributed by atoms with Gasteiger partial charge in [0.05, 0.1) is 12.8 Å². The van der Waals surface area contributed by atoms with E-state index in [0.29, 0.717) is 24.5 Å². The third-order valence-corrected chi connectivity index (χ3v) is 3.57. The molecule has 0 spiro atoms. The second-order valence-corrected chi connectivity index (χ2v) is 4.70. The number of phenolic OH excluding ortho intramolecular Hbond substituents is 1. The maximum atomic E-state index is 11.9. The normalized spacial score (nSPS) is 18.7. The topological polar surface area (TPSA) is 66.8 Å². The summed E-state index contributed by atoms with van der Waals surface area (Å²) in [5, 5.41) is 10.1. The van der Waals surface area contributed by atoms with Crippen molar-refractivity contribution in [2.75, 3.05) is 24.4 Å². The fourth-order valence-electron chi connectivity index (χ4n) is 2.14. The molecule has 1 aliphatic heterocycles. The second-order valence-electron chi connectivity index (χ2n) is 4.39. The zero-order valence-electron chi connectivity index (χ0n) is 10.4. The van der Waals surface area contributed by atoms with Crippen molar-refractivity contribution < 1.29 is 19.4 Å². The van der Waals surface area contributed by atoms with Crippen LogP contribution in [0.5, 0.6) is 5.75 Å². The molecule has 1 unspecified atom stereocenters. The van der Waals surface area contributed by atoms with Crippen LogP contribution in [0.25, 0.3) is 0 Å². The van der Waals surface area contributed by atoms with Crippen LogP contribution in [-0.4, -0.2) is 36.5 Å². The minimum atomic E-state index is -0.639. The number of aromatic hydroxyl groups is 1. The van der Waals surface area contributed by atoms with Gasteiger partial charge in [0, 0.05) is 18.8 Å². The number of methoxy groups -OCH3 is 1. The number of hydrogen-bond acceptors (Lipinski definition) is 4. The first kappa shape index (κ1) is 13.7. The Morgan fingerprint density at radius 1 is 1.58 bits per heavy atom. The Labute approximate surface area is 115 Å². The van der Waals surface area contributed by atoms with Gasteiger partial charge in [-0.2, -0.15) is 0 Å². The van der Waals surface area contributed by atoms with Crippen molar-refractivity contribution in [1.29, 1.82) is 0 Å². The zero-order chi connectivity index (χ0) is 14.0. The predicted molar refractivity (Wildman–Crippen MR) is 70.6 cm³/mol. The number of para-hydroxylation sites is 1. The zero-order valence-corrected chi connectivity index (χ0v) is 11.2. The van der Waals surface area contributed by atoms with Crippen molar-refractivity contribution in [3.63, 3.8) is 0 Å². The standard InChI is InChI=1S/C13H14ClNO4/c1-19-13(18)9-3-2-4-10(12(9)17)15-7-8(6-14)5-11(15)16/h2-4,8,17H,5-7H2,1H3. The lowest BCUT2D eigenvalue weighted by Gasteiger charge is -2.18. The number of amides is 1. The van der Waals surface area contributed by atoms with Gasteiger partial charge in [-0.1, -0.05) is 6.07 Å². The van der Waals surface area contributed by atoms with Crippen LogP contribution in [0.4, 0.5) is 5.69 Å². The number of ether oxygens (including phenoxy) is 1. The van der Waals surface area contributed by atoms with Gasteiger partial charge < -0.3 is 14.7 Å². The summed E-state index contributed by atoms with van der Waals surface area (Å²) in [7, 11) is 1.24. The van der Waals surface area contributed by atoms with Gasteiger partial charge in [0.25, 0.3) is 0 Å². The third-order valence-electron chi connectivity index (χ3n) is 3.13. The molecule has 0 aliphatic carbocycles. The minimum Gasteiger partial charge on any atom is -0.505 e. The highest BCUT2D eigenvalue weighted by atomic mass is 35.5. The van der Waals surface area contributed by atoms with Crippen LogP contribution in [0.3, 0.4) is 0 Å². The van der Waals surface area contributed by atoms with Crippen molar-refractivity contribution in [3.8, 4) is 5.75 Å². The van der Waals surface area contributed by atoms with Crippen LogP contribution in [0.2, 0.25) is 0 Å². The number of carbonyl (C=O) groups is 2. The lowest BCUT2D eigenvalue weighted by atomic mass is 10.1. The average Bonchev–Trinajstić information content (AvgIpc) is 2.79. The number of esters is 1. The van der Waals surface area contributed by atoms with E-state index in [-0.39, 0.29) is 23.1 Å². The Bertz CT molecular complexity index is 517. The highest BCUT2D eigenvalue weighted by Gasteiger charge is 2.32. The molecule has 6 heteroatoms. The molecule has 1 aliphatic rings. The molecule has 0 saturated carbocycles. The van der Waals surface area contributed by atoms with Gasteiger partial charge >= 0.3 is 5.97 Å². The quantitative estimate of drug-likeness (QED) is 0.678. The van der Waals surface area contributed by atoms with Gasteiger partial charge in [0.2, 0.25) is 5.91 Å². The predicted octanol–water partition coefficient (Wildman–Crippen LogP) is 1.77. The molecule has 1 fully saturated rings. The molecule has 1 aromatic rings. The summed E-state index contributed by atoms with van der Waals surface area (Å²) < 4.78 is 4.58. The molecule has 19 heavy (non-hydrogen) atoms. The van der Waals surface area contributed by atoms with Gasteiger partial charge in [-0.15, -0.1) is 11.6 Å². The summed E-state index contributed by atoms with van der Waals surface area (Å²) in [6.07, 6.45) is 0.353. The molecule has 0 bridgehead atoms. The van der Waals surface area contributed by atoms with E-state index >= 15 is 0 Å². The van der Waals surface area contributed by atoms with E-state index in [0.717, 1.165) is 0 Å². The van der Waals surface area contributed by atoms with Crippen molar-refractivity contribution in [3.05, 3.63) is 23.8 Å². The molecular formula is C13H14ClNO4. The van der Waals surface area contributed by atoms with Crippen molar-refractivity contribution >= 4 is 29.2 Å². The summed E-state index contributed by atoms with van der Waals surface area (Å²) in [6.45, 7) is 0.445. The first-order chi connectivity index (χ1) is 9.08. The van der Waals surface area contributed by atoms with Gasteiger partial charge in [-0.3, -0.25) is 4.79 Å². The molecule has 5 nitrogen and oxygen atoms in total. The lowest BCUT2D eigenvalue weighted by molar-refractivity contribution is -0.117. The SMILES string of the molecule is COC(=O)c1cccc(N2CC(CCl)CC2=O)c1O. The maximum absolute atomic E-state index is 11.9. The number of carbonyl (C=O) groups excluding carboxylic acids is 2. The summed E-state index contributed by atoms with van der Waals surface area (Å²) in [4.78, 5) is 24.8. The smallest absolute Gasteiger partial charge is 0.341 e. The molecule has 102 valence electrons. The van der Waals surface area contributed by atoms with E-state index in [9.17, 15) is 14.7 Å². The number of phenols is 1. The molecule has 1 amide bonds. The van der Waals surface area contributed by atoms with Gasteiger partial charge in [-0.25, -0.2) is 4.79 Å². The third kappa shape index (κ3) is 2.51. The number of nitrogens with zero attached hydrogens (tertiary/aromatic N) is 1. The molecule has 0 aromatic heterocycles. The van der Waals surface area contributed by atoms with Crippen LogP contribution in [0.1, 0.15) is 16.8 Å². The molecule has 1 atom stereocenters. The summed E-state index contributed by atoms with van der Waals surface area (Å²) in [5.41, 5.74) is 0.364. The van der Waals surface area contributed by atoms with Crippen LogP contribution < -0.4 is 4.90 Å². The summed E-state index contributed by atoms with van der Waals surface area (Å²) in [6, 6.07) is 4.64. The van der Waals surface area contributed by atoms with Crippen LogP contribution >= 0.6 is 11.6 Å². The monoisotopic (exact) mass is 283 g/mol. The lowest BCUT2D eigenvalue weighted by Crippen LogP contribution is -2.25. The number of anilines is 1. The Kier molecular flexibility index (Phi) is 3.95. The maximum Gasteiger partial charge on any atom is 0.341 e. The summed E-state index contributed by atoms with van der Waals surface area (Å²) >= 11 is 5.75. The number of hydrogen-bond donors (Lipinski definition) is 1. The van der Waals surface area contributed by atoms with Crippen LogP contribution in [0, 0.1) is 5.92 Å². The number of rotatable bonds is 3. The Balaban J connectivity index is 2.36. The highest BCUT2D eigenvalue weighted by molar-refractivity contribution is 6.18. The largest absolute Gasteiger partial charge is 0.505 e. The van der Waals surface area contributed by atoms with Crippen LogP contribution in [0.15, 0.2) is 18.2 Å². The fourth-order valence-corrected chi connectivity index (χ4v) is 2.35. The molecule has 1 aromatic carbocycles. The van der Waals surface area contributed by atoms with E-state index < -0.39 is 5.97 Å². The van der Waals surface area contributed by atoms with E-state index in [1.807, 2.05) is 0 Å². The van der Waals surface area contributed by atoms with E-state index in [2.05, 4.69) is 4.74 Å². The molecular weight excluding hydrogens is 270 g/mol. The van der Waals surface area contributed by atoms with E-state index in [1.165, 1.54) is 18.1 Å².